The molecule has 0 atom stereocenters. The average molecular weight is 1270 g/mol. The maximum atomic E-state index is 2.50. The van der Waals surface area contributed by atoms with Crippen LogP contribution in [-0.4, -0.2) is 18.3 Å². The predicted molar refractivity (Wildman–Crippen MR) is 423 cm³/mol. The molecule has 0 N–H and O–H groups in total. The molecule has 4 nitrogen and oxygen atoms in total. The van der Waals surface area contributed by atoms with E-state index in [0.29, 0.717) is 0 Å². The van der Waals surface area contributed by atoms with Crippen molar-refractivity contribution in [3.8, 4) is 89.5 Å². The molecule has 0 saturated heterocycles. The zero-order valence-electron chi connectivity index (χ0n) is 54.7. The van der Waals surface area contributed by atoms with E-state index in [1.807, 2.05) is 0 Å². The molecule has 0 aliphatic heterocycles. The monoisotopic (exact) mass is 1270 g/mol. The van der Waals surface area contributed by atoms with Crippen molar-refractivity contribution in [1.82, 2.24) is 18.3 Å². The van der Waals surface area contributed by atoms with Gasteiger partial charge in [-0.1, -0.05) is 309 Å². The molecule has 468 valence electrons. The maximum Gasteiger partial charge on any atom is 0.0788 e. The lowest BCUT2D eigenvalue weighted by atomic mass is 10.0. The van der Waals surface area contributed by atoms with Crippen LogP contribution >= 0.6 is 0 Å². The summed E-state index contributed by atoms with van der Waals surface area (Å²) in [5.41, 5.74) is 28.6. The smallest absolute Gasteiger partial charge is 0.0788 e. The van der Waals surface area contributed by atoms with Gasteiger partial charge in [0.2, 0.25) is 0 Å². The maximum absolute atomic E-state index is 2.50. The minimum Gasteiger partial charge on any atom is -0.307 e. The number of para-hydroxylation sites is 2. The third kappa shape index (κ3) is 9.92. The van der Waals surface area contributed by atoms with Crippen LogP contribution in [0.15, 0.2) is 388 Å². The summed E-state index contributed by atoms with van der Waals surface area (Å²) in [7, 11) is 0. The first-order valence-electron chi connectivity index (χ1n) is 34.4. The van der Waals surface area contributed by atoms with Gasteiger partial charge in [0.15, 0.2) is 0 Å². The summed E-state index contributed by atoms with van der Waals surface area (Å²) in [6.45, 7) is 0. The Morgan fingerprint density at radius 2 is 0.370 bits per heavy atom. The van der Waals surface area contributed by atoms with Gasteiger partial charge in [-0.2, -0.15) is 0 Å². The van der Waals surface area contributed by atoms with E-state index in [0.717, 1.165) is 22.7 Å². The number of fused-ring (bicyclic) bond motifs is 14. The average Bonchev–Trinajstić information content (AvgIpc) is 1.55. The normalized spacial score (nSPS) is 11.6. The van der Waals surface area contributed by atoms with E-state index in [1.54, 1.807) is 0 Å². The highest BCUT2D eigenvalue weighted by molar-refractivity contribution is 6.26. The molecule has 0 bridgehead atoms. The standard InChI is InChI=1S/2C48H32N2/c1-4-14-33(15-5-1)36-20-12-22-39(30-36)49-45-25-11-10-24-41(45)42-27-28-43-44-32-38(35-18-8-3-9-19-35)26-29-46(44)50(48(43)47(42)49)40-23-13-21-37(31-40)34-16-6-2-7-17-34;1-4-13-33(14-5-1)36-23-26-39(27-24-36)49-45-22-11-10-21-41(45)43-29-30-44-42-28-25-38(35-17-8-3-9-18-35)32-46(42)50(48(44)47(43)49)40-20-12-19-37(31-40)34-15-6-2-7-16-34/h2*1-32H. The fourth-order valence-electron chi connectivity index (χ4n) is 15.6. The van der Waals surface area contributed by atoms with Crippen LogP contribution in [-0.2, 0) is 0 Å². The quantitative estimate of drug-likeness (QED) is 0.130. The lowest BCUT2D eigenvalue weighted by molar-refractivity contribution is 1.15. The molecule has 0 aliphatic rings. The summed E-state index contributed by atoms with van der Waals surface area (Å²) >= 11 is 0. The van der Waals surface area contributed by atoms with Crippen molar-refractivity contribution in [1.29, 1.82) is 0 Å². The van der Waals surface area contributed by atoms with Crippen molar-refractivity contribution in [2.45, 2.75) is 0 Å². The number of benzene rings is 16. The van der Waals surface area contributed by atoms with E-state index >= 15 is 0 Å². The van der Waals surface area contributed by atoms with E-state index < -0.39 is 0 Å². The number of nitrogens with zero attached hydrogens (tertiary/aromatic N) is 4. The summed E-state index contributed by atoms with van der Waals surface area (Å²) in [6, 6.07) is 141. The van der Waals surface area contributed by atoms with Gasteiger partial charge in [-0.15, -0.1) is 0 Å². The minimum absolute atomic E-state index is 1.14. The van der Waals surface area contributed by atoms with Gasteiger partial charge in [0.05, 0.1) is 44.1 Å². The fourth-order valence-corrected chi connectivity index (χ4v) is 15.6. The molecular formula is C96H64N4. The fraction of sp³-hybridized carbons (Fsp3) is 0. The Morgan fingerprint density at radius 3 is 0.770 bits per heavy atom. The zero-order valence-corrected chi connectivity index (χ0v) is 54.7. The van der Waals surface area contributed by atoms with Gasteiger partial charge in [0.25, 0.3) is 0 Å². The van der Waals surface area contributed by atoms with Crippen molar-refractivity contribution in [2.24, 2.45) is 0 Å². The Bertz CT molecular complexity index is 6460. The zero-order chi connectivity index (χ0) is 66.0. The first-order chi connectivity index (χ1) is 49.6. The number of aromatic nitrogens is 4. The summed E-state index contributed by atoms with van der Waals surface area (Å²) in [5.74, 6) is 0. The van der Waals surface area contributed by atoms with Crippen molar-refractivity contribution >= 4 is 87.2 Å². The van der Waals surface area contributed by atoms with Gasteiger partial charge in [0.1, 0.15) is 0 Å². The second-order valence-corrected chi connectivity index (χ2v) is 25.9. The Hall–Kier alpha value is -13.3. The lowest BCUT2D eigenvalue weighted by Crippen LogP contribution is -1.99. The first-order valence-corrected chi connectivity index (χ1v) is 34.4. The first kappa shape index (κ1) is 58.1. The Labute approximate surface area is 579 Å². The lowest BCUT2D eigenvalue weighted by Gasteiger charge is -2.14. The molecule has 16 aromatic carbocycles. The van der Waals surface area contributed by atoms with Crippen LogP contribution in [0.25, 0.3) is 177 Å². The van der Waals surface area contributed by atoms with Crippen molar-refractivity contribution < 1.29 is 0 Å². The van der Waals surface area contributed by atoms with Gasteiger partial charge in [-0.05, 0) is 146 Å². The number of hydrogen-bond acceptors (Lipinski definition) is 0. The van der Waals surface area contributed by atoms with Crippen molar-refractivity contribution in [3.63, 3.8) is 0 Å². The highest BCUT2D eigenvalue weighted by Gasteiger charge is 2.25. The van der Waals surface area contributed by atoms with Crippen LogP contribution in [0.3, 0.4) is 0 Å². The van der Waals surface area contributed by atoms with E-state index in [4.69, 9.17) is 0 Å². The molecule has 0 amide bonds. The van der Waals surface area contributed by atoms with E-state index in [2.05, 4.69) is 407 Å². The van der Waals surface area contributed by atoms with Crippen LogP contribution in [0.1, 0.15) is 0 Å². The summed E-state index contributed by atoms with van der Waals surface area (Å²) < 4.78 is 9.94. The van der Waals surface area contributed by atoms with Crippen LogP contribution in [0.2, 0.25) is 0 Å². The molecule has 0 radical (unpaired) electrons. The van der Waals surface area contributed by atoms with Gasteiger partial charge in [-0.3, -0.25) is 0 Å². The van der Waals surface area contributed by atoms with Gasteiger partial charge in [-0.25, -0.2) is 0 Å². The summed E-state index contributed by atoms with van der Waals surface area (Å²) in [5, 5.41) is 9.93. The largest absolute Gasteiger partial charge is 0.307 e. The van der Waals surface area contributed by atoms with E-state index in [1.165, 1.54) is 154 Å². The third-order valence-electron chi connectivity index (χ3n) is 20.2. The second kappa shape index (κ2) is 24.4. The van der Waals surface area contributed by atoms with Crippen molar-refractivity contribution in [3.05, 3.63) is 388 Å². The van der Waals surface area contributed by atoms with Gasteiger partial charge >= 0.3 is 0 Å². The Balaban J connectivity index is 0.000000139. The van der Waals surface area contributed by atoms with Crippen LogP contribution < -0.4 is 0 Å². The van der Waals surface area contributed by atoms with Crippen LogP contribution in [0.5, 0.6) is 0 Å². The van der Waals surface area contributed by atoms with E-state index in [9.17, 15) is 0 Å². The van der Waals surface area contributed by atoms with Gasteiger partial charge in [0, 0.05) is 65.8 Å². The molecule has 4 aromatic heterocycles. The third-order valence-corrected chi connectivity index (χ3v) is 20.2. The van der Waals surface area contributed by atoms with E-state index in [-0.39, 0.29) is 0 Å². The molecule has 0 spiro atoms. The molecule has 20 rings (SSSR count). The molecule has 0 aliphatic carbocycles. The second-order valence-electron chi connectivity index (χ2n) is 25.9. The Kier molecular flexibility index (Phi) is 14.2. The van der Waals surface area contributed by atoms with Crippen LogP contribution in [0, 0.1) is 0 Å². The Morgan fingerprint density at radius 1 is 0.120 bits per heavy atom. The molecule has 4 heterocycles. The summed E-state index contributed by atoms with van der Waals surface area (Å²) in [6.07, 6.45) is 0. The molecule has 100 heavy (non-hydrogen) atoms. The highest BCUT2D eigenvalue weighted by atomic mass is 15.1. The van der Waals surface area contributed by atoms with Gasteiger partial charge < -0.3 is 18.3 Å². The topological polar surface area (TPSA) is 19.7 Å². The molecular weight excluding hydrogens is 1210 g/mol. The SMILES string of the molecule is c1ccc(-c2ccc(-n3c4ccccc4c4ccc5c6ccc(-c7ccccc7)cc6n(-c6cccc(-c7ccccc7)c6)c5c43)cc2)cc1.c1ccc(-c2cccc(-n3c4ccccc4c4ccc5c6cc(-c7ccccc7)ccc6n(-c6cccc(-c7ccccc7)c6)c5c43)c2)cc1. The molecule has 0 unspecified atom stereocenters. The number of rotatable bonds is 10. The number of hydrogen-bond donors (Lipinski definition) is 0. The molecule has 0 saturated carbocycles. The van der Waals surface area contributed by atoms with Crippen molar-refractivity contribution in [2.75, 3.05) is 0 Å². The predicted octanol–water partition coefficient (Wildman–Crippen LogP) is 25.8. The highest BCUT2D eigenvalue weighted by Crippen LogP contribution is 2.46. The van der Waals surface area contributed by atoms with Crippen LogP contribution in [0.4, 0.5) is 0 Å². The summed E-state index contributed by atoms with van der Waals surface area (Å²) in [4.78, 5) is 0. The molecule has 4 heteroatoms. The molecule has 0 fully saturated rings. The minimum atomic E-state index is 1.14. The molecule has 20 aromatic rings.